The summed E-state index contributed by atoms with van der Waals surface area (Å²) >= 11 is 0. The molecule has 0 aliphatic carbocycles. The van der Waals surface area contributed by atoms with Crippen molar-refractivity contribution in [3.8, 4) is 0 Å². The van der Waals surface area contributed by atoms with Gasteiger partial charge in [0.25, 0.3) is 5.91 Å². The molecule has 0 aromatic heterocycles. The minimum atomic E-state index is -0.0413. The van der Waals surface area contributed by atoms with Crippen LogP contribution in [0.2, 0.25) is 0 Å². The van der Waals surface area contributed by atoms with Crippen molar-refractivity contribution in [3.63, 3.8) is 0 Å². The Kier molecular flexibility index (Phi) is 11.8. The minimum absolute atomic E-state index is 0.0413. The summed E-state index contributed by atoms with van der Waals surface area (Å²) < 4.78 is 11.2. The number of hydrogen-bond acceptors (Lipinski definition) is 4. The zero-order valence-corrected chi connectivity index (χ0v) is 17.6. The van der Waals surface area contributed by atoms with Crippen molar-refractivity contribution in [3.05, 3.63) is 35.9 Å². The Balaban J connectivity index is 1.53. The zero-order valence-electron chi connectivity index (χ0n) is 17.6. The Bertz CT molecular complexity index is 589. The van der Waals surface area contributed by atoms with Gasteiger partial charge >= 0.3 is 0 Å². The van der Waals surface area contributed by atoms with Gasteiger partial charge in [0.15, 0.2) is 5.96 Å². The number of guanidine groups is 1. The summed E-state index contributed by atoms with van der Waals surface area (Å²) in [6.45, 7) is 8.29. The predicted molar refractivity (Wildman–Crippen MR) is 116 cm³/mol. The normalized spacial score (nSPS) is 15.1. The van der Waals surface area contributed by atoms with E-state index in [1.54, 1.807) is 0 Å². The number of carbonyl (C=O) groups is 1. The van der Waals surface area contributed by atoms with Crippen LogP contribution in [0.3, 0.4) is 0 Å². The van der Waals surface area contributed by atoms with Crippen molar-refractivity contribution < 1.29 is 14.3 Å². The Morgan fingerprint density at radius 1 is 1.10 bits per heavy atom. The number of nitrogens with zero attached hydrogens (tertiary/aromatic N) is 1. The van der Waals surface area contributed by atoms with Crippen molar-refractivity contribution in [2.24, 2.45) is 10.9 Å². The molecule has 1 saturated heterocycles. The summed E-state index contributed by atoms with van der Waals surface area (Å²) in [6, 6.07) is 9.26. The van der Waals surface area contributed by atoms with Gasteiger partial charge in [0.2, 0.25) is 0 Å². The van der Waals surface area contributed by atoms with Gasteiger partial charge in [-0.05, 0) is 50.7 Å². The summed E-state index contributed by atoms with van der Waals surface area (Å²) in [5, 5.41) is 9.51. The van der Waals surface area contributed by atoms with E-state index in [1.807, 2.05) is 37.3 Å². The third kappa shape index (κ3) is 10.3. The summed E-state index contributed by atoms with van der Waals surface area (Å²) in [5.41, 5.74) is 0.685. The maximum Gasteiger partial charge on any atom is 0.251 e. The SMILES string of the molecule is CCNC(=NCCCNC(=O)c1ccccc1)NCCCOCC1CCOCC1. The number of hydrogen-bond donors (Lipinski definition) is 3. The molecule has 3 N–H and O–H groups in total. The molecule has 0 bridgehead atoms. The lowest BCUT2D eigenvalue weighted by molar-refractivity contribution is 0.0203. The number of amides is 1. The molecule has 0 radical (unpaired) electrons. The Morgan fingerprint density at radius 3 is 2.62 bits per heavy atom. The lowest BCUT2D eigenvalue weighted by atomic mass is 10.0. The summed E-state index contributed by atoms with van der Waals surface area (Å²) in [6.07, 6.45) is 3.96. The summed E-state index contributed by atoms with van der Waals surface area (Å²) in [5.74, 6) is 1.42. The van der Waals surface area contributed by atoms with Crippen molar-refractivity contribution in [2.45, 2.75) is 32.6 Å². The van der Waals surface area contributed by atoms with Crippen LogP contribution in [0.25, 0.3) is 0 Å². The van der Waals surface area contributed by atoms with Gasteiger partial charge in [-0.3, -0.25) is 9.79 Å². The van der Waals surface area contributed by atoms with Crippen LogP contribution in [0.5, 0.6) is 0 Å². The molecule has 1 fully saturated rings. The average Bonchev–Trinajstić information content (AvgIpc) is 2.77. The standard InChI is InChI=1S/C22H36N4O3/c1-2-23-22(26-14-7-15-29-18-19-10-16-28-17-11-19)25-13-6-12-24-21(27)20-8-4-3-5-9-20/h3-5,8-9,19H,2,6-7,10-18H2,1H3,(H,24,27)(H2,23,25,26). The first-order chi connectivity index (χ1) is 14.3. The predicted octanol–water partition coefficient (Wildman–Crippen LogP) is 2.19. The second-order valence-electron chi connectivity index (χ2n) is 7.15. The fourth-order valence-corrected chi connectivity index (χ4v) is 3.05. The first kappa shape index (κ1) is 23.2. The molecule has 1 aliphatic heterocycles. The molecule has 1 aliphatic rings. The van der Waals surface area contributed by atoms with Crippen molar-refractivity contribution >= 4 is 11.9 Å². The highest BCUT2D eigenvalue weighted by atomic mass is 16.5. The van der Waals surface area contributed by atoms with E-state index in [9.17, 15) is 4.79 Å². The first-order valence-corrected chi connectivity index (χ1v) is 10.8. The van der Waals surface area contributed by atoms with Gasteiger partial charge in [0.05, 0.1) is 0 Å². The van der Waals surface area contributed by atoms with Crippen molar-refractivity contribution in [2.75, 3.05) is 52.6 Å². The van der Waals surface area contributed by atoms with Crippen LogP contribution in [0.4, 0.5) is 0 Å². The monoisotopic (exact) mass is 404 g/mol. The highest BCUT2D eigenvalue weighted by Gasteiger charge is 2.13. The molecule has 0 atom stereocenters. The molecule has 0 unspecified atom stereocenters. The molecular weight excluding hydrogens is 368 g/mol. The van der Waals surface area contributed by atoms with Crippen LogP contribution in [0, 0.1) is 5.92 Å². The topological polar surface area (TPSA) is 84.0 Å². The van der Waals surface area contributed by atoms with Crippen LogP contribution in [0.1, 0.15) is 43.0 Å². The molecule has 1 heterocycles. The van der Waals surface area contributed by atoms with E-state index < -0.39 is 0 Å². The molecular formula is C22H36N4O3. The summed E-state index contributed by atoms with van der Waals surface area (Å²) in [7, 11) is 0. The second kappa shape index (κ2) is 14.8. The maximum absolute atomic E-state index is 12.0. The van der Waals surface area contributed by atoms with Gasteiger partial charge in [0, 0.05) is 58.2 Å². The molecule has 1 aromatic carbocycles. The lowest BCUT2D eigenvalue weighted by Gasteiger charge is -2.21. The average molecular weight is 405 g/mol. The molecule has 0 spiro atoms. The van der Waals surface area contributed by atoms with E-state index in [0.29, 0.717) is 24.6 Å². The second-order valence-corrected chi connectivity index (χ2v) is 7.15. The Hall–Kier alpha value is -2.12. The summed E-state index contributed by atoms with van der Waals surface area (Å²) in [4.78, 5) is 16.5. The number of carbonyl (C=O) groups excluding carboxylic acids is 1. The van der Waals surface area contributed by atoms with Crippen LogP contribution < -0.4 is 16.0 Å². The van der Waals surface area contributed by atoms with E-state index in [-0.39, 0.29) is 5.91 Å². The Morgan fingerprint density at radius 2 is 1.86 bits per heavy atom. The molecule has 29 heavy (non-hydrogen) atoms. The minimum Gasteiger partial charge on any atom is -0.381 e. The Labute approximate surface area is 174 Å². The number of ether oxygens (including phenoxy) is 2. The first-order valence-electron chi connectivity index (χ1n) is 10.8. The number of benzene rings is 1. The number of nitrogens with one attached hydrogen (secondary N) is 3. The molecule has 0 saturated carbocycles. The van der Waals surface area contributed by atoms with Gasteiger partial charge in [-0.1, -0.05) is 18.2 Å². The van der Waals surface area contributed by atoms with Gasteiger partial charge in [0.1, 0.15) is 0 Å². The van der Waals surface area contributed by atoms with E-state index >= 15 is 0 Å². The zero-order chi connectivity index (χ0) is 20.6. The number of rotatable bonds is 12. The molecule has 162 valence electrons. The maximum atomic E-state index is 12.0. The van der Waals surface area contributed by atoms with Crippen molar-refractivity contribution in [1.82, 2.24) is 16.0 Å². The van der Waals surface area contributed by atoms with Crippen LogP contribution in [-0.4, -0.2) is 64.5 Å². The third-order valence-corrected chi connectivity index (χ3v) is 4.72. The highest BCUT2D eigenvalue weighted by molar-refractivity contribution is 5.94. The van der Waals surface area contributed by atoms with Crippen molar-refractivity contribution in [1.29, 1.82) is 0 Å². The number of aliphatic imine (C=N–C) groups is 1. The highest BCUT2D eigenvalue weighted by Crippen LogP contribution is 2.14. The van der Waals surface area contributed by atoms with Gasteiger partial charge in [-0.15, -0.1) is 0 Å². The van der Waals surface area contributed by atoms with Gasteiger partial charge < -0.3 is 25.4 Å². The molecule has 2 rings (SSSR count). The molecule has 1 aromatic rings. The van der Waals surface area contributed by atoms with E-state index in [4.69, 9.17) is 9.47 Å². The largest absolute Gasteiger partial charge is 0.381 e. The molecule has 1 amide bonds. The van der Waals surface area contributed by atoms with Gasteiger partial charge in [-0.25, -0.2) is 0 Å². The smallest absolute Gasteiger partial charge is 0.251 e. The van der Waals surface area contributed by atoms with Crippen LogP contribution in [0.15, 0.2) is 35.3 Å². The fourth-order valence-electron chi connectivity index (χ4n) is 3.05. The van der Waals surface area contributed by atoms with E-state index in [2.05, 4.69) is 20.9 Å². The molecule has 7 heteroatoms. The quantitative estimate of drug-likeness (QED) is 0.283. The third-order valence-electron chi connectivity index (χ3n) is 4.72. The lowest BCUT2D eigenvalue weighted by Crippen LogP contribution is -2.38. The molecule has 7 nitrogen and oxygen atoms in total. The van der Waals surface area contributed by atoms with E-state index in [1.165, 1.54) is 0 Å². The van der Waals surface area contributed by atoms with Gasteiger partial charge in [-0.2, -0.15) is 0 Å². The fraction of sp³-hybridized carbons (Fsp3) is 0.636. The van der Waals surface area contributed by atoms with Crippen LogP contribution in [-0.2, 0) is 9.47 Å². The van der Waals surface area contributed by atoms with Crippen LogP contribution >= 0.6 is 0 Å². The van der Waals surface area contributed by atoms with E-state index in [0.717, 1.165) is 71.2 Å².